The normalized spacial score (nSPS) is 10.2. The Labute approximate surface area is 85.0 Å². The lowest BCUT2D eigenvalue weighted by molar-refractivity contribution is 0.863. The van der Waals surface area contributed by atoms with Crippen LogP contribution >= 0.6 is 0 Å². The van der Waals surface area contributed by atoms with Crippen molar-refractivity contribution >= 4 is 5.69 Å². The fourth-order valence-corrected chi connectivity index (χ4v) is 1.18. The van der Waals surface area contributed by atoms with Crippen LogP contribution in [0.1, 0.15) is 24.9 Å². The van der Waals surface area contributed by atoms with Crippen molar-refractivity contribution in [1.82, 2.24) is 9.97 Å². The maximum atomic E-state index is 5.41. The molecule has 1 rings (SSSR count). The number of rotatable bonds is 5. The van der Waals surface area contributed by atoms with Gasteiger partial charge in [0.15, 0.2) is 0 Å². The van der Waals surface area contributed by atoms with Gasteiger partial charge in [0.2, 0.25) is 0 Å². The van der Waals surface area contributed by atoms with Gasteiger partial charge in [-0.15, -0.1) is 0 Å². The largest absolute Gasteiger partial charge is 0.382 e. The van der Waals surface area contributed by atoms with Crippen molar-refractivity contribution in [3.05, 3.63) is 17.7 Å². The molecule has 0 aliphatic heterocycles. The van der Waals surface area contributed by atoms with Crippen LogP contribution in [0.15, 0.2) is 6.20 Å². The number of nitrogens with zero attached hydrogens (tertiary/aromatic N) is 2. The van der Waals surface area contributed by atoms with E-state index in [1.807, 2.05) is 13.1 Å². The number of hydrogen-bond donors (Lipinski definition) is 2. The molecular formula is C10H18N4. The second kappa shape index (κ2) is 5.54. The van der Waals surface area contributed by atoms with E-state index in [0.29, 0.717) is 6.54 Å². The molecule has 4 heteroatoms. The third-order valence-corrected chi connectivity index (χ3v) is 2.04. The summed E-state index contributed by atoms with van der Waals surface area (Å²) in [6.07, 6.45) is 3.69. The summed E-state index contributed by atoms with van der Waals surface area (Å²) in [6.45, 7) is 5.63. The van der Waals surface area contributed by atoms with E-state index in [1.54, 1.807) is 0 Å². The van der Waals surface area contributed by atoms with E-state index in [9.17, 15) is 0 Å². The third kappa shape index (κ3) is 2.96. The molecule has 0 spiro atoms. The molecule has 0 saturated heterocycles. The van der Waals surface area contributed by atoms with Crippen LogP contribution in [0.3, 0.4) is 0 Å². The number of aromatic nitrogens is 2. The van der Waals surface area contributed by atoms with Crippen molar-refractivity contribution < 1.29 is 0 Å². The molecule has 0 unspecified atom stereocenters. The van der Waals surface area contributed by atoms with Gasteiger partial charge in [-0.3, -0.25) is 0 Å². The lowest BCUT2D eigenvalue weighted by atomic mass is 10.3. The highest BCUT2D eigenvalue weighted by Crippen LogP contribution is 2.10. The molecule has 0 atom stereocenters. The predicted molar refractivity (Wildman–Crippen MR) is 58.3 cm³/mol. The second-order valence-corrected chi connectivity index (χ2v) is 3.21. The molecule has 0 bridgehead atoms. The summed E-state index contributed by atoms with van der Waals surface area (Å²) >= 11 is 0. The van der Waals surface area contributed by atoms with Crippen LogP contribution in [0.5, 0.6) is 0 Å². The molecule has 78 valence electrons. The van der Waals surface area contributed by atoms with Crippen molar-refractivity contribution in [2.24, 2.45) is 5.73 Å². The first kappa shape index (κ1) is 10.9. The highest BCUT2D eigenvalue weighted by molar-refractivity contribution is 5.44. The van der Waals surface area contributed by atoms with Gasteiger partial charge in [0, 0.05) is 13.0 Å². The van der Waals surface area contributed by atoms with E-state index < -0.39 is 0 Å². The molecule has 0 radical (unpaired) electrons. The van der Waals surface area contributed by atoms with Crippen LogP contribution < -0.4 is 11.1 Å². The van der Waals surface area contributed by atoms with Gasteiger partial charge >= 0.3 is 0 Å². The topological polar surface area (TPSA) is 63.8 Å². The Morgan fingerprint density at radius 1 is 1.50 bits per heavy atom. The number of nitrogens with one attached hydrogen (secondary N) is 1. The highest BCUT2D eigenvalue weighted by atomic mass is 15.0. The maximum absolute atomic E-state index is 5.41. The van der Waals surface area contributed by atoms with E-state index in [2.05, 4.69) is 22.2 Å². The molecule has 0 fully saturated rings. The summed E-state index contributed by atoms with van der Waals surface area (Å²) in [5.74, 6) is 0.895. The average molecular weight is 194 g/mol. The molecule has 3 N–H and O–H groups in total. The second-order valence-electron chi connectivity index (χ2n) is 3.21. The Bertz CT molecular complexity index is 285. The quantitative estimate of drug-likeness (QED) is 0.689. The first-order valence-corrected chi connectivity index (χ1v) is 5.04. The Morgan fingerprint density at radius 2 is 2.29 bits per heavy atom. The highest BCUT2D eigenvalue weighted by Gasteiger charge is 2.00. The fraction of sp³-hybridized carbons (Fsp3) is 0.600. The number of nitrogens with two attached hydrogens (primary N) is 1. The predicted octanol–water partition coefficient (Wildman–Crippen LogP) is 1.11. The minimum absolute atomic E-state index is 0.708. The zero-order valence-corrected chi connectivity index (χ0v) is 8.88. The van der Waals surface area contributed by atoms with Gasteiger partial charge in [0.05, 0.1) is 17.6 Å². The molecular weight excluding hydrogens is 176 g/mol. The lowest BCUT2D eigenvalue weighted by Gasteiger charge is -2.08. The Morgan fingerprint density at radius 3 is 2.86 bits per heavy atom. The number of hydrogen-bond acceptors (Lipinski definition) is 4. The minimum Gasteiger partial charge on any atom is -0.382 e. The summed E-state index contributed by atoms with van der Waals surface area (Å²) in [7, 11) is 0. The van der Waals surface area contributed by atoms with E-state index in [0.717, 1.165) is 36.6 Å². The van der Waals surface area contributed by atoms with Gasteiger partial charge in [-0.1, -0.05) is 6.92 Å². The first-order valence-electron chi connectivity index (χ1n) is 5.04. The first-order chi connectivity index (χ1) is 6.77. The van der Waals surface area contributed by atoms with Crippen molar-refractivity contribution in [3.63, 3.8) is 0 Å². The van der Waals surface area contributed by atoms with E-state index in [4.69, 9.17) is 5.73 Å². The maximum Gasteiger partial charge on any atom is 0.128 e. The zero-order valence-electron chi connectivity index (χ0n) is 8.88. The smallest absolute Gasteiger partial charge is 0.128 e. The molecule has 0 aliphatic carbocycles. The Kier molecular flexibility index (Phi) is 4.32. The minimum atomic E-state index is 0.708. The zero-order chi connectivity index (χ0) is 10.4. The molecule has 1 aromatic heterocycles. The molecule has 1 heterocycles. The van der Waals surface area contributed by atoms with Gasteiger partial charge in [-0.05, 0) is 19.9 Å². The Hall–Kier alpha value is -1.16. The molecule has 14 heavy (non-hydrogen) atoms. The summed E-state index contributed by atoms with van der Waals surface area (Å²) in [6, 6.07) is 0. The molecule has 0 amide bonds. The van der Waals surface area contributed by atoms with Gasteiger partial charge in [-0.2, -0.15) is 0 Å². The average Bonchev–Trinajstić information content (AvgIpc) is 2.20. The number of anilines is 1. The van der Waals surface area contributed by atoms with Crippen LogP contribution in [0.2, 0.25) is 0 Å². The van der Waals surface area contributed by atoms with E-state index in [1.165, 1.54) is 0 Å². The SMILES string of the molecule is CCc1ncc(NCCCN)c(C)n1. The van der Waals surface area contributed by atoms with Gasteiger partial charge in [0.25, 0.3) is 0 Å². The van der Waals surface area contributed by atoms with Crippen LogP contribution in [0.25, 0.3) is 0 Å². The third-order valence-electron chi connectivity index (χ3n) is 2.04. The molecule has 0 saturated carbocycles. The van der Waals surface area contributed by atoms with Crippen LogP contribution in [-0.4, -0.2) is 23.1 Å². The fourth-order valence-electron chi connectivity index (χ4n) is 1.18. The Balaban J connectivity index is 2.59. The van der Waals surface area contributed by atoms with Crippen molar-refractivity contribution in [2.45, 2.75) is 26.7 Å². The van der Waals surface area contributed by atoms with Crippen molar-refractivity contribution in [3.8, 4) is 0 Å². The summed E-state index contributed by atoms with van der Waals surface area (Å²) in [4.78, 5) is 8.60. The molecule has 0 aliphatic rings. The summed E-state index contributed by atoms with van der Waals surface area (Å²) in [5.41, 5.74) is 7.42. The van der Waals surface area contributed by atoms with E-state index in [-0.39, 0.29) is 0 Å². The van der Waals surface area contributed by atoms with Crippen molar-refractivity contribution in [2.75, 3.05) is 18.4 Å². The lowest BCUT2D eigenvalue weighted by Crippen LogP contribution is -2.10. The van der Waals surface area contributed by atoms with Gasteiger partial charge < -0.3 is 11.1 Å². The van der Waals surface area contributed by atoms with Gasteiger partial charge in [-0.25, -0.2) is 9.97 Å². The van der Waals surface area contributed by atoms with Gasteiger partial charge in [0.1, 0.15) is 5.82 Å². The van der Waals surface area contributed by atoms with Crippen LogP contribution in [0.4, 0.5) is 5.69 Å². The van der Waals surface area contributed by atoms with Crippen LogP contribution in [-0.2, 0) is 6.42 Å². The molecule has 4 nitrogen and oxygen atoms in total. The monoisotopic (exact) mass is 194 g/mol. The molecule has 1 aromatic rings. The van der Waals surface area contributed by atoms with E-state index >= 15 is 0 Å². The summed E-state index contributed by atoms with van der Waals surface area (Å²) in [5, 5.41) is 3.26. The standard InChI is InChI=1S/C10H18N4/c1-3-10-13-7-9(8(2)14-10)12-6-4-5-11/h7,12H,3-6,11H2,1-2H3. The van der Waals surface area contributed by atoms with Crippen molar-refractivity contribution in [1.29, 1.82) is 0 Å². The van der Waals surface area contributed by atoms with Crippen LogP contribution in [0, 0.1) is 6.92 Å². The molecule has 0 aromatic carbocycles. The summed E-state index contributed by atoms with van der Waals surface area (Å²) < 4.78 is 0. The number of aryl methyl sites for hydroxylation is 2.